The van der Waals surface area contributed by atoms with Gasteiger partial charge in [-0.3, -0.25) is 0 Å². The maximum absolute atomic E-state index is 2.37. The fourth-order valence-electron chi connectivity index (χ4n) is 4.54. The van der Waals surface area contributed by atoms with Gasteiger partial charge in [0.1, 0.15) is 0 Å². The van der Waals surface area contributed by atoms with Crippen LogP contribution in [-0.4, -0.2) is 0 Å². The second-order valence-electron chi connectivity index (χ2n) is 8.89. The fourth-order valence-corrected chi connectivity index (χ4v) is 4.54. The van der Waals surface area contributed by atoms with Gasteiger partial charge >= 0.3 is 0 Å². The SMILES string of the molecule is Cc1cc(C)c(C)c(N(c2ccc(-c3ccccc3)cc2)c2ccc(-c3ccccc3)cc2)c1. The quantitative estimate of drug-likeness (QED) is 0.263. The van der Waals surface area contributed by atoms with Crippen LogP contribution in [0.25, 0.3) is 22.3 Å². The van der Waals surface area contributed by atoms with Crippen molar-refractivity contribution < 1.29 is 0 Å². The number of hydrogen-bond acceptors (Lipinski definition) is 1. The summed E-state index contributed by atoms with van der Waals surface area (Å²) >= 11 is 0. The average molecular weight is 440 g/mol. The van der Waals surface area contributed by atoms with E-state index in [1.165, 1.54) is 44.6 Å². The van der Waals surface area contributed by atoms with E-state index in [9.17, 15) is 0 Å². The van der Waals surface area contributed by atoms with Crippen LogP contribution in [0.5, 0.6) is 0 Å². The summed E-state index contributed by atoms with van der Waals surface area (Å²) < 4.78 is 0. The molecule has 0 N–H and O–H groups in total. The Morgan fingerprint density at radius 2 is 0.853 bits per heavy atom. The predicted octanol–water partition coefficient (Wildman–Crippen LogP) is 9.42. The first-order valence-electron chi connectivity index (χ1n) is 11.8. The van der Waals surface area contributed by atoms with Gasteiger partial charge in [0.2, 0.25) is 0 Å². The third kappa shape index (κ3) is 4.38. The molecule has 0 saturated carbocycles. The highest BCUT2D eigenvalue weighted by Crippen LogP contribution is 2.39. The van der Waals surface area contributed by atoms with Gasteiger partial charge in [-0.2, -0.15) is 0 Å². The molecule has 0 spiro atoms. The van der Waals surface area contributed by atoms with E-state index in [0.717, 1.165) is 11.4 Å². The first-order chi connectivity index (χ1) is 16.6. The molecule has 0 saturated heterocycles. The largest absolute Gasteiger partial charge is 0.310 e. The lowest BCUT2D eigenvalue weighted by Gasteiger charge is -2.28. The topological polar surface area (TPSA) is 3.24 Å². The lowest BCUT2D eigenvalue weighted by Crippen LogP contribution is -2.12. The molecule has 0 heterocycles. The van der Waals surface area contributed by atoms with Gasteiger partial charge < -0.3 is 4.90 Å². The molecule has 5 aromatic carbocycles. The smallest absolute Gasteiger partial charge is 0.0496 e. The highest BCUT2D eigenvalue weighted by Gasteiger charge is 2.16. The number of anilines is 3. The first-order valence-corrected chi connectivity index (χ1v) is 11.8. The minimum atomic E-state index is 1.15. The first kappa shape index (κ1) is 21.7. The van der Waals surface area contributed by atoms with E-state index in [4.69, 9.17) is 0 Å². The number of nitrogens with zero attached hydrogens (tertiary/aromatic N) is 1. The molecule has 1 heteroatoms. The van der Waals surface area contributed by atoms with E-state index in [0.29, 0.717) is 0 Å². The van der Waals surface area contributed by atoms with E-state index in [1.807, 2.05) is 0 Å². The second-order valence-corrected chi connectivity index (χ2v) is 8.89. The van der Waals surface area contributed by atoms with Crippen molar-refractivity contribution in [3.8, 4) is 22.3 Å². The number of rotatable bonds is 5. The zero-order chi connectivity index (χ0) is 23.5. The highest BCUT2D eigenvalue weighted by atomic mass is 15.1. The Balaban J connectivity index is 1.60. The van der Waals surface area contributed by atoms with Gasteiger partial charge in [-0.1, -0.05) is 91.0 Å². The van der Waals surface area contributed by atoms with Crippen LogP contribution in [0.2, 0.25) is 0 Å². The summed E-state index contributed by atoms with van der Waals surface area (Å²) in [4.78, 5) is 2.37. The molecule has 0 aliphatic heterocycles. The molecule has 34 heavy (non-hydrogen) atoms. The monoisotopic (exact) mass is 439 g/mol. The molecular weight excluding hydrogens is 410 g/mol. The zero-order valence-corrected chi connectivity index (χ0v) is 20.0. The summed E-state index contributed by atoms with van der Waals surface area (Å²) in [6.07, 6.45) is 0. The Morgan fingerprint density at radius 1 is 0.441 bits per heavy atom. The van der Waals surface area contributed by atoms with E-state index >= 15 is 0 Å². The van der Waals surface area contributed by atoms with Gasteiger partial charge in [0.15, 0.2) is 0 Å². The van der Waals surface area contributed by atoms with Gasteiger partial charge in [-0.15, -0.1) is 0 Å². The third-order valence-corrected chi connectivity index (χ3v) is 6.49. The molecule has 1 nitrogen and oxygen atoms in total. The lowest BCUT2D eigenvalue weighted by atomic mass is 10.0. The van der Waals surface area contributed by atoms with Crippen LogP contribution in [0.3, 0.4) is 0 Å². The Kier molecular flexibility index (Phi) is 6.01. The summed E-state index contributed by atoms with van der Waals surface area (Å²) in [5, 5.41) is 0. The van der Waals surface area contributed by atoms with Crippen molar-refractivity contribution in [2.45, 2.75) is 20.8 Å². The summed E-state index contributed by atoms with van der Waals surface area (Å²) in [6, 6.07) is 43.4. The highest BCUT2D eigenvalue weighted by molar-refractivity contribution is 5.81. The lowest BCUT2D eigenvalue weighted by molar-refractivity contribution is 1.21. The van der Waals surface area contributed by atoms with Crippen molar-refractivity contribution in [3.05, 3.63) is 138 Å². The Morgan fingerprint density at radius 3 is 1.29 bits per heavy atom. The van der Waals surface area contributed by atoms with E-state index in [2.05, 4.69) is 147 Å². The third-order valence-electron chi connectivity index (χ3n) is 6.49. The Hall–Kier alpha value is -4.10. The van der Waals surface area contributed by atoms with E-state index < -0.39 is 0 Å². The van der Waals surface area contributed by atoms with Crippen LogP contribution in [0.1, 0.15) is 16.7 Å². The van der Waals surface area contributed by atoms with Crippen molar-refractivity contribution >= 4 is 17.1 Å². The van der Waals surface area contributed by atoms with Gasteiger partial charge in [-0.05, 0) is 90.0 Å². The van der Waals surface area contributed by atoms with Gasteiger partial charge in [-0.25, -0.2) is 0 Å². The van der Waals surface area contributed by atoms with Crippen LogP contribution >= 0.6 is 0 Å². The predicted molar refractivity (Wildman–Crippen MR) is 146 cm³/mol. The van der Waals surface area contributed by atoms with Crippen LogP contribution in [-0.2, 0) is 0 Å². The van der Waals surface area contributed by atoms with Crippen LogP contribution < -0.4 is 4.90 Å². The molecule has 0 aliphatic carbocycles. The van der Waals surface area contributed by atoms with Gasteiger partial charge in [0.25, 0.3) is 0 Å². The summed E-state index contributed by atoms with van der Waals surface area (Å²) in [5.41, 5.74) is 12.3. The van der Waals surface area contributed by atoms with Gasteiger partial charge in [0, 0.05) is 17.1 Å². The number of hydrogen-bond donors (Lipinski definition) is 0. The summed E-state index contributed by atoms with van der Waals surface area (Å²) in [5.74, 6) is 0. The van der Waals surface area contributed by atoms with Gasteiger partial charge in [0.05, 0.1) is 0 Å². The molecule has 0 bridgehead atoms. The van der Waals surface area contributed by atoms with Crippen molar-refractivity contribution in [3.63, 3.8) is 0 Å². The minimum absolute atomic E-state index is 1.15. The molecule has 0 fully saturated rings. The molecule has 0 atom stereocenters. The normalized spacial score (nSPS) is 10.8. The fraction of sp³-hybridized carbons (Fsp3) is 0.0909. The maximum Gasteiger partial charge on any atom is 0.0496 e. The van der Waals surface area contributed by atoms with Crippen molar-refractivity contribution in [1.82, 2.24) is 0 Å². The Labute approximate surface area is 203 Å². The second kappa shape index (κ2) is 9.41. The van der Waals surface area contributed by atoms with Crippen molar-refractivity contribution in [2.24, 2.45) is 0 Å². The molecule has 0 aromatic heterocycles. The summed E-state index contributed by atoms with van der Waals surface area (Å²) in [7, 11) is 0. The minimum Gasteiger partial charge on any atom is -0.310 e. The maximum atomic E-state index is 2.37. The molecule has 0 amide bonds. The Bertz CT molecular complexity index is 1300. The van der Waals surface area contributed by atoms with E-state index in [1.54, 1.807) is 0 Å². The standard InChI is InChI=1S/C33H29N/c1-24-22-25(2)26(3)33(23-24)34(31-18-14-29(15-19-31)27-10-6-4-7-11-27)32-20-16-30(17-21-32)28-12-8-5-9-13-28/h4-23H,1-3H3. The number of benzene rings is 5. The van der Waals surface area contributed by atoms with E-state index in [-0.39, 0.29) is 0 Å². The molecule has 0 unspecified atom stereocenters. The molecule has 0 radical (unpaired) electrons. The molecule has 5 aromatic rings. The molecule has 166 valence electrons. The van der Waals surface area contributed by atoms with Crippen molar-refractivity contribution in [1.29, 1.82) is 0 Å². The van der Waals surface area contributed by atoms with Crippen LogP contribution in [0, 0.1) is 20.8 Å². The molecule has 5 rings (SSSR count). The van der Waals surface area contributed by atoms with Crippen LogP contribution in [0.15, 0.2) is 121 Å². The number of aryl methyl sites for hydroxylation is 2. The zero-order valence-electron chi connectivity index (χ0n) is 20.0. The molecular formula is C33H29N. The average Bonchev–Trinajstić information content (AvgIpc) is 2.89. The van der Waals surface area contributed by atoms with Crippen molar-refractivity contribution in [2.75, 3.05) is 4.90 Å². The summed E-state index contributed by atoms with van der Waals surface area (Å²) in [6.45, 7) is 6.58. The molecule has 0 aliphatic rings. The van der Waals surface area contributed by atoms with Crippen LogP contribution in [0.4, 0.5) is 17.1 Å².